The smallest absolute Gasteiger partial charge is 0.234 e. The van der Waals surface area contributed by atoms with E-state index in [-0.39, 0.29) is 11.7 Å². The maximum absolute atomic E-state index is 12.0. The number of amides is 1. The Morgan fingerprint density at radius 3 is 2.50 bits per heavy atom. The first-order valence-corrected chi connectivity index (χ1v) is 8.31. The Hall–Kier alpha value is -2.86. The van der Waals surface area contributed by atoms with E-state index in [0.29, 0.717) is 16.6 Å². The minimum absolute atomic E-state index is 0.121. The molecule has 5 nitrogen and oxygen atoms in total. The van der Waals surface area contributed by atoms with E-state index in [9.17, 15) is 4.79 Å². The van der Waals surface area contributed by atoms with Crippen molar-refractivity contribution in [3.63, 3.8) is 0 Å². The summed E-state index contributed by atoms with van der Waals surface area (Å²) >= 11 is 1.29. The monoisotopic (exact) mass is 337 g/mol. The first kappa shape index (κ1) is 16.0. The molecule has 1 N–H and O–H groups in total. The number of anilines is 1. The number of ether oxygens (including phenoxy) is 1. The van der Waals surface area contributed by atoms with Gasteiger partial charge in [0, 0.05) is 24.1 Å². The number of hydrogen-bond acceptors (Lipinski definition) is 5. The van der Waals surface area contributed by atoms with E-state index >= 15 is 0 Å². The minimum Gasteiger partial charge on any atom is -0.457 e. The van der Waals surface area contributed by atoms with Crippen LogP contribution in [0.2, 0.25) is 0 Å². The molecule has 0 radical (unpaired) electrons. The van der Waals surface area contributed by atoms with Gasteiger partial charge >= 0.3 is 0 Å². The van der Waals surface area contributed by atoms with Crippen molar-refractivity contribution in [1.82, 2.24) is 9.97 Å². The van der Waals surface area contributed by atoms with Crippen LogP contribution in [0.5, 0.6) is 11.5 Å². The molecule has 120 valence electrons. The molecule has 0 aliphatic rings. The third-order valence-electron chi connectivity index (χ3n) is 2.97. The van der Waals surface area contributed by atoms with Gasteiger partial charge in [-0.05, 0) is 30.3 Å². The number of para-hydroxylation sites is 1. The molecule has 0 atom stereocenters. The molecule has 0 aliphatic heterocycles. The molecule has 0 unspecified atom stereocenters. The fourth-order valence-electron chi connectivity index (χ4n) is 1.95. The van der Waals surface area contributed by atoms with E-state index in [1.54, 1.807) is 24.5 Å². The number of benzene rings is 2. The zero-order valence-corrected chi connectivity index (χ0v) is 13.6. The zero-order chi connectivity index (χ0) is 16.6. The SMILES string of the molecule is O=C(CSc1ncccn1)Nc1cccc(Oc2ccccc2)c1. The van der Waals surface area contributed by atoms with E-state index < -0.39 is 0 Å². The predicted octanol–water partition coefficient (Wildman–Crippen LogP) is 4.00. The van der Waals surface area contributed by atoms with Crippen molar-refractivity contribution in [2.24, 2.45) is 0 Å². The molecule has 0 saturated carbocycles. The lowest BCUT2D eigenvalue weighted by Gasteiger charge is -2.08. The van der Waals surface area contributed by atoms with Crippen LogP contribution in [0.4, 0.5) is 5.69 Å². The van der Waals surface area contributed by atoms with Gasteiger partial charge in [-0.15, -0.1) is 0 Å². The summed E-state index contributed by atoms with van der Waals surface area (Å²) in [5, 5.41) is 3.42. The van der Waals surface area contributed by atoms with Gasteiger partial charge < -0.3 is 10.1 Å². The highest BCUT2D eigenvalue weighted by Gasteiger charge is 2.06. The van der Waals surface area contributed by atoms with Gasteiger partial charge in [0.2, 0.25) is 5.91 Å². The second-order valence-corrected chi connectivity index (χ2v) is 5.75. The molecule has 24 heavy (non-hydrogen) atoms. The lowest BCUT2D eigenvalue weighted by molar-refractivity contribution is -0.113. The Balaban J connectivity index is 1.57. The molecular formula is C18H15N3O2S. The number of carbonyl (C=O) groups is 1. The van der Waals surface area contributed by atoms with Gasteiger partial charge in [0.05, 0.1) is 5.75 Å². The Morgan fingerprint density at radius 1 is 0.958 bits per heavy atom. The molecule has 2 aromatic carbocycles. The normalized spacial score (nSPS) is 10.2. The highest BCUT2D eigenvalue weighted by Crippen LogP contribution is 2.24. The number of thioether (sulfide) groups is 1. The van der Waals surface area contributed by atoms with Crippen LogP contribution in [-0.2, 0) is 4.79 Å². The molecule has 1 aromatic heterocycles. The number of hydrogen-bond donors (Lipinski definition) is 1. The molecule has 0 bridgehead atoms. The topological polar surface area (TPSA) is 64.1 Å². The number of nitrogens with zero attached hydrogens (tertiary/aromatic N) is 2. The van der Waals surface area contributed by atoms with Gasteiger partial charge in [0.1, 0.15) is 11.5 Å². The lowest BCUT2D eigenvalue weighted by atomic mass is 10.3. The molecule has 0 aliphatic carbocycles. The van der Waals surface area contributed by atoms with Crippen LogP contribution < -0.4 is 10.1 Å². The van der Waals surface area contributed by atoms with Crippen LogP contribution in [-0.4, -0.2) is 21.6 Å². The molecule has 0 saturated heterocycles. The molecular weight excluding hydrogens is 322 g/mol. The van der Waals surface area contributed by atoms with Crippen LogP contribution in [0, 0.1) is 0 Å². The van der Waals surface area contributed by atoms with Gasteiger partial charge in [-0.2, -0.15) is 0 Å². The van der Waals surface area contributed by atoms with Crippen molar-refractivity contribution in [2.45, 2.75) is 5.16 Å². The second kappa shape index (κ2) is 8.12. The van der Waals surface area contributed by atoms with Gasteiger partial charge in [-0.3, -0.25) is 4.79 Å². The summed E-state index contributed by atoms with van der Waals surface area (Å²) in [5.74, 6) is 1.54. The van der Waals surface area contributed by atoms with Crippen molar-refractivity contribution < 1.29 is 9.53 Å². The Morgan fingerprint density at radius 2 is 1.71 bits per heavy atom. The lowest BCUT2D eigenvalue weighted by Crippen LogP contribution is -2.14. The van der Waals surface area contributed by atoms with Crippen LogP contribution in [0.3, 0.4) is 0 Å². The fourth-order valence-corrected chi connectivity index (χ4v) is 2.55. The van der Waals surface area contributed by atoms with Crippen molar-refractivity contribution in [3.05, 3.63) is 73.1 Å². The second-order valence-electron chi connectivity index (χ2n) is 4.81. The van der Waals surface area contributed by atoms with E-state index in [4.69, 9.17) is 4.74 Å². The standard InChI is InChI=1S/C18H15N3O2S/c22-17(13-24-18-19-10-5-11-20-18)21-14-6-4-9-16(12-14)23-15-7-2-1-3-8-15/h1-12H,13H2,(H,21,22). The van der Waals surface area contributed by atoms with Crippen molar-refractivity contribution in [1.29, 1.82) is 0 Å². The zero-order valence-electron chi connectivity index (χ0n) is 12.8. The van der Waals surface area contributed by atoms with Crippen molar-refractivity contribution >= 4 is 23.4 Å². The van der Waals surface area contributed by atoms with E-state index in [1.165, 1.54) is 11.8 Å². The third kappa shape index (κ3) is 4.82. The quantitative estimate of drug-likeness (QED) is 0.544. The van der Waals surface area contributed by atoms with E-state index in [1.807, 2.05) is 48.5 Å². The number of nitrogens with one attached hydrogen (secondary N) is 1. The maximum Gasteiger partial charge on any atom is 0.234 e. The summed E-state index contributed by atoms with van der Waals surface area (Å²) in [4.78, 5) is 20.2. The predicted molar refractivity (Wildman–Crippen MR) is 94.3 cm³/mol. The molecule has 0 spiro atoms. The Labute approximate surface area is 144 Å². The Bertz CT molecular complexity index is 798. The first-order valence-electron chi connectivity index (χ1n) is 7.32. The van der Waals surface area contributed by atoms with E-state index in [2.05, 4.69) is 15.3 Å². The fraction of sp³-hybridized carbons (Fsp3) is 0.0556. The number of carbonyl (C=O) groups excluding carboxylic acids is 1. The molecule has 1 heterocycles. The highest BCUT2D eigenvalue weighted by molar-refractivity contribution is 7.99. The number of aromatic nitrogens is 2. The van der Waals surface area contributed by atoms with E-state index in [0.717, 1.165) is 5.75 Å². The van der Waals surface area contributed by atoms with Crippen LogP contribution in [0.25, 0.3) is 0 Å². The summed E-state index contributed by atoms with van der Waals surface area (Å²) in [6.45, 7) is 0. The molecule has 6 heteroatoms. The summed E-state index contributed by atoms with van der Waals surface area (Å²) in [5.41, 5.74) is 0.683. The summed E-state index contributed by atoms with van der Waals surface area (Å²) in [7, 11) is 0. The molecule has 1 amide bonds. The minimum atomic E-state index is -0.121. The largest absolute Gasteiger partial charge is 0.457 e. The van der Waals surface area contributed by atoms with Crippen molar-refractivity contribution in [3.8, 4) is 11.5 Å². The summed E-state index contributed by atoms with van der Waals surface area (Å²) < 4.78 is 5.75. The molecule has 3 aromatic rings. The average Bonchev–Trinajstić information content (AvgIpc) is 2.62. The summed E-state index contributed by atoms with van der Waals surface area (Å²) in [6, 6.07) is 18.5. The Kier molecular flexibility index (Phi) is 5.42. The van der Waals surface area contributed by atoms with Gasteiger partial charge in [0.15, 0.2) is 5.16 Å². The average molecular weight is 337 g/mol. The third-order valence-corrected chi connectivity index (χ3v) is 3.85. The van der Waals surface area contributed by atoms with Gasteiger partial charge in [-0.25, -0.2) is 9.97 Å². The molecule has 0 fully saturated rings. The van der Waals surface area contributed by atoms with Crippen LogP contribution in [0.15, 0.2) is 78.2 Å². The van der Waals surface area contributed by atoms with Gasteiger partial charge in [-0.1, -0.05) is 36.0 Å². The highest BCUT2D eigenvalue weighted by atomic mass is 32.2. The maximum atomic E-state index is 12.0. The molecule has 3 rings (SSSR count). The number of rotatable bonds is 6. The van der Waals surface area contributed by atoms with Crippen molar-refractivity contribution in [2.75, 3.05) is 11.1 Å². The first-order chi connectivity index (χ1) is 11.8. The van der Waals surface area contributed by atoms with Gasteiger partial charge in [0.25, 0.3) is 0 Å². The van der Waals surface area contributed by atoms with Crippen LogP contribution >= 0.6 is 11.8 Å². The summed E-state index contributed by atoms with van der Waals surface area (Å²) in [6.07, 6.45) is 3.30. The van der Waals surface area contributed by atoms with Crippen LogP contribution in [0.1, 0.15) is 0 Å².